The van der Waals surface area contributed by atoms with Crippen LogP contribution < -0.4 is 5.32 Å². The smallest absolute Gasteiger partial charge is 0.223 e. The van der Waals surface area contributed by atoms with Crippen molar-refractivity contribution < 1.29 is 4.42 Å². The molecule has 0 saturated carbocycles. The van der Waals surface area contributed by atoms with E-state index in [1.165, 1.54) is 0 Å². The van der Waals surface area contributed by atoms with Crippen LogP contribution in [0, 0.1) is 13.8 Å². The average molecular weight is 253 g/mol. The lowest BCUT2D eigenvalue weighted by Gasteiger charge is -2.03. The zero-order valence-electron chi connectivity index (χ0n) is 11.0. The summed E-state index contributed by atoms with van der Waals surface area (Å²) in [7, 11) is 0. The molecule has 0 amide bonds. The third kappa shape index (κ3) is 2.29. The lowest BCUT2D eigenvalue weighted by atomic mass is 10.1. The van der Waals surface area contributed by atoms with Gasteiger partial charge in [-0.15, -0.1) is 0 Å². The van der Waals surface area contributed by atoms with Crippen molar-refractivity contribution in [1.82, 2.24) is 9.97 Å². The van der Waals surface area contributed by atoms with E-state index in [2.05, 4.69) is 28.3 Å². The monoisotopic (exact) mass is 253 g/mol. The Morgan fingerprint density at radius 3 is 2.79 bits per heavy atom. The molecule has 96 valence electrons. The number of nitrogens with zero attached hydrogens (tertiary/aromatic N) is 2. The summed E-state index contributed by atoms with van der Waals surface area (Å²) in [5.74, 6) is 1.55. The van der Waals surface area contributed by atoms with Crippen LogP contribution in [0.3, 0.4) is 0 Å². The van der Waals surface area contributed by atoms with Gasteiger partial charge in [0.25, 0.3) is 0 Å². The van der Waals surface area contributed by atoms with Crippen LogP contribution in [-0.2, 0) is 6.54 Å². The first-order chi connectivity index (χ1) is 9.24. The minimum atomic E-state index is 0.587. The van der Waals surface area contributed by atoms with Gasteiger partial charge in [0.05, 0.1) is 6.54 Å². The van der Waals surface area contributed by atoms with E-state index in [1.807, 2.05) is 31.2 Å². The molecule has 2 heterocycles. The number of hydrogen-bond acceptors (Lipinski definition) is 4. The summed E-state index contributed by atoms with van der Waals surface area (Å²) in [5.41, 5.74) is 3.02. The standard InChI is InChI=1S/C15H15N3O/c1-10-7-8-16-15(18-10)17-9-14-11(2)12-5-3-4-6-13(12)19-14/h3-8H,9H2,1-2H3,(H,16,17,18). The maximum absolute atomic E-state index is 5.83. The number of aryl methyl sites for hydroxylation is 2. The van der Waals surface area contributed by atoms with Crippen molar-refractivity contribution in [2.24, 2.45) is 0 Å². The van der Waals surface area contributed by atoms with Gasteiger partial charge in [0, 0.05) is 22.8 Å². The number of benzene rings is 1. The summed E-state index contributed by atoms with van der Waals surface area (Å²) in [5, 5.41) is 4.34. The van der Waals surface area contributed by atoms with Crippen LogP contribution in [0.15, 0.2) is 40.9 Å². The summed E-state index contributed by atoms with van der Waals surface area (Å²) >= 11 is 0. The first-order valence-corrected chi connectivity index (χ1v) is 6.24. The summed E-state index contributed by atoms with van der Waals surface area (Å²) in [6.07, 6.45) is 1.75. The van der Waals surface area contributed by atoms with Gasteiger partial charge in [-0.25, -0.2) is 9.97 Å². The van der Waals surface area contributed by atoms with Gasteiger partial charge in [-0.05, 0) is 26.0 Å². The number of para-hydroxylation sites is 1. The van der Waals surface area contributed by atoms with E-state index in [-0.39, 0.29) is 0 Å². The summed E-state index contributed by atoms with van der Waals surface area (Å²) < 4.78 is 5.83. The molecule has 0 bridgehead atoms. The van der Waals surface area contributed by atoms with Gasteiger partial charge in [-0.3, -0.25) is 0 Å². The van der Waals surface area contributed by atoms with Crippen LogP contribution in [-0.4, -0.2) is 9.97 Å². The van der Waals surface area contributed by atoms with Crippen molar-refractivity contribution in [2.45, 2.75) is 20.4 Å². The Bertz CT molecular complexity index is 718. The van der Waals surface area contributed by atoms with E-state index in [9.17, 15) is 0 Å². The summed E-state index contributed by atoms with van der Waals surface area (Å²) in [4.78, 5) is 8.48. The molecule has 0 aliphatic rings. The van der Waals surface area contributed by atoms with Gasteiger partial charge in [0.1, 0.15) is 11.3 Å². The van der Waals surface area contributed by atoms with Crippen LogP contribution in [0.5, 0.6) is 0 Å². The molecule has 3 aromatic rings. The Balaban J connectivity index is 1.84. The fourth-order valence-corrected chi connectivity index (χ4v) is 2.09. The second kappa shape index (κ2) is 4.72. The highest BCUT2D eigenvalue weighted by atomic mass is 16.3. The van der Waals surface area contributed by atoms with Crippen molar-refractivity contribution in [1.29, 1.82) is 0 Å². The molecule has 0 fully saturated rings. The van der Waals surface area contributed by atoms with Gasteiger partial charge in [0.2, 0.25) is 5.95 Å². The van der Waals surface area contributed by atoms with E-state index < -0.39 is 0 Å². The summed E-state index contributed by atoms with van der Waals surface area (Å²) in [6, 6.07) is 9.92. The van der Waals surface area contributed by atoms with Crippen LogP contribution in [0.1, 0.15) is 17.0 Å². The van der Waals surface area contributed by atoms with Crippen molar-refractivity contribution in [3.8, 4) is 0 Å². The number of furan rings is 1. The van der Waals surface area contributed by atoms with Gasteiger partial charge in [-0.2, -0.15) is 0 Å². The van der Waals surface area contributed by atoms with E-state index >= 15 is 0 Å². The highest BCUT2D eigenvalue weighted by Crippen LogP contribution is 2.25. The molecule has 0 atom stereocenters. The average Bonchev–Trinajstić information content (AvgIpc) is 2.74. The second-order valence-corrected chi connectivity index (χ2v) is 4.52. The number of anilines is 1. The molecule has 4 heteroatoms. The molecule has 0 spiro atoms. The number of nitrogens with one attached hydrogen (secondary N) is 1. The fourth-order valence-electron chi connectivity index (χ4n) is 2.09. The molecule has 0 unspecified atom stereocenters. The Morgan fingerprint density at radius 1 is 1.16 bits per heavy atom. The van der Waals surface area contributed by atoms with Crippen LogP contribution in [0.2, 0.25) is 0 Å². The number of hydrogen-bond donors (Lipinski definition) is 1. The molecular formula is C15H15N3O. The molecule has 1 aromatic carbocycles. The van der Waals surface area contributed by atoms with E-state index in [0.29, 0.717) is 12.5 Å². The van der Waals surface area contributed by atoms with Crippen LogP contribution in [0.4, 0.5) is 5.95 Å². The molecule has 0 radical (unpaired) electrons. The van der Waals surface area contributed by atoms with Crippen LogP contribution >= 0.6 is 0 Å². The zero-order valence-corrected chi connectivity index (χ0v) is 11.0. The second-order valence-electron chi connectivity index (χ2n) is 4.52. The van der Waals surface area contributed by atoms with Crippen molar-refractivity contribution in [2.75, 3.05) is 5.32 Å². The molecule has 4 nitrogen and oxygen atoms in total. The molecule has 0 saturated heterocycles. The predicted octanol–water partition coefficient (Wildman–Crippen LogP) is 3.45. The summed E-state index contributed by atoms with van der Waals surface area (Å²) in [6.45, 7) is 4.60. The molecular weight excluding hydrogens is 238 g/mol. The van der Waals surface area contributed by atoms with Crippen molar-refractivity contribution in [3.05, 3.63) is 53.5 Å². The van der Waals surface area contributed by atoms with Crippen LogP contribution in [0.25, 0.3) is 11.0 Å². The Morgan fingerprint density at radius 2 is 2.00 bits per heavy atom. The maximum Gasteiger partial charge on any atom is 0.223 e. The molecule has 0 aliphatic heterocycles. The third-order valence-corrected chi connectivity index (χ3v) is 3.14. The highest BCUT2D eigenvalue weighted by Gasteiger charge is 2.09. The Labute approximate surface area is 111 Å². The Kier molecular flexibility index (Phi) is 2.91. The molecule has 19 heavy (non-hydrogen) atoms. The highest BCUT2D eigenvalue weighted by molar-refractivity contribution is 5.81. The normalized spacial score (nSPS) is 10.8. The molecule has 2 aromatic heterocycles. The van der Waals surface area contributed by atoms with E-state index in [4.69, 9.17) is 4.42 Å². The van der Waals surface area contributed by atoms with Gasteiger partial charge >= 0.3 is 0 Å². The lowest BCUT2D eigenvalue weighted by Crippen LogP contribution is -2.04. The van der Waals surface area contributed by atoms with E-state index in [0.717, 1.165) is 28.0 Å². The predicted molar refractivity (Wildman–Crippen MR) is 75.0 cm³/mol. The minimum Gasteiger partial charge on any atom is -0.459 e. The first kappa shape index (κ1) is 11.7. The molecule has 1 N–H and O–H groups in total. The quantitative estimate of drug-likeness (QED) is 0.776. The largest absolute Gasteiger partial charge is 0.459 e. The Hall–Kier alpha value is -2.36. The number of fused-ring (bicyclic) bond motifs is 1. The zero-order chi connectivity index (χ0) is 13.2. The van der Waals surface area contributed by atoms with Gasteiger partial charge < -0.3 is 9.73 Å². The number of rotatable bonds is 3. The first-order valence-electron chi connectivity index (χ1n) is 6.24. The fraction of sp³-hybridized carbons (Fsp3) is 0.200. The van der Waals surface area contributed by atoms with E-state index in [1.54, 1.807) is 6.20 Å². The molecule has 3 rings (SSSR count). The van der Waals surface area contributed by atoms with Crippen molar-refractivity contribution in [3.63, 3.8) is 0 Å². The third-order valence-electron chi connectivity index (χ3n) is 3.14. The maximum atomic E-state index is 5.83. The molecule has 0 aliphatic carbocycles. The van der Waals surface area contributed by atoms with Gasteiger partial charge in [-0.1, -0.05) is 18.2 Å². The van der Waals surface area contributed by atoms with Crippen molar-refractivity contribution >= 4 is 16.9 Å². The van der Waals surface area contributed by atoms with Gasteiger partial charge in [0.15, 0.2) is 0 Å². The SMILES string of the molecule is Cc1ccnc(NCc2oc3ccccc3c2C)n1. The minimum absolute atomic E-state index is 0.587. The number of aromatic nitrogens is 2. The lowest BCUT2D eigenvalue weighted by molar-refractivity contribution is 0.555. The topological polar surface area (TPSA) is 51.0 Å².